The molecular weight excluding hydrogens is 368 g/mol. The lowest BCUT2D eigenvalue weighted by atomic mass is 10.1. The van der Waals surface area contributed by atoms with Gasteiger partial charge in [-0.1, -0.05) is 0 Å². The number of aliphatic imine (C=N–C) groups is 1. The van der Waals surface area contributed by atoms with E-state index in [1.54, 1.807) is 13.2 Å². The third-order valence-corrected chi connectivity index (χ3v) is 4.60. The van der Waals surface area contributed by atoms with Crippen molar-refractivity contribution in [1.82, 2.24) is 15.6 Å². The molecule has 29 heavy (non-hydrogen) atoms. The fourth-order valence-electron chi connectivity index (χ4n) is 3.28. The van der Waals surface area contributed by atoms with E-state index in [9.17, 15) is 0 Å². The van der Waals surface area contributed by atoms with Crippen LogP contribution in [-0.4, -0.2) is 37.3 Å². The second-order valence-corrected chi connectivity index (χ2v) is 6.85. The molecule has 2 heterocycles. The zero-order chi connectivity index (χ0) is 20.6. The van der Waals surface area contributed by atoms with Crippen molar-refractivity contribution in [3.8, 4) is 17.4 Å². The van der Waals surface area contributed by atoms with Gasteiger partial charge in [0.1, 0.15) is 17.6 Å². The second-order valence-electron chi connectivity index (χ2n) is 6.85. The van der Waals surface area contributed by atoms with Crippen molar-refractivity contribution in [3.05, 3.63) is 47.2 Å². The van der Waals surface area contributed by atoms with Crippen LogP contribution in [0.25, 0.3) is 0 Å². The van der Waals surface area contributed by atoms with Gasteiger partial charge in [0.05, 0.1) is 13.2 Å². The fraction of sp³-hybridized carbons (Fsp3) is 0.455. The van der Waals surface area contributed by atoms with Gasteiger partial charge in [-0.15, -0.1) is 0 Å². The molecule has 1 aliphatic rings. The van der Waals surface area contributed by atoms with Crippen LogP contribution in [0.5, 0.6) is 17.4 Å². The molecule has 0 bridgehead atoms. The minimum atomic E-state index is 0.207. The van der Waals surface area contributed by atoms with E-state index < -0.39 is 0 Å². The van der Waals surface area contributed by atoms with Crippen LogP contribution in [-0.2, 0) is 19.5 Å². The van der Waals surface area contributed by atoms with Gasteiger partial charge in [-0.05, 0) is 44.5 Å². The van der Waals surface area contributed by atoms with Crippen LogP contribution >= 0.6 is 0 Å². The number of hydrogen-bond acceptors (Lipinski definition) is 5. The fourth-order valence-corrected chi connectivity index (χ4v) is 3.28. The number of fused-ring (bicyclic) bond motifs is 1. The van der Waals surface area contributed by atoms with Gasteiger partial charge in [-0.2, -0.15) is 0 Å². The first-order chi connectivity index (χ1) is 14.1. The molecule has 7 heteroatoms. The molecule has 3 rings (SSSR count). The van der Waals surface area contributed by atoms with Crippen LogP contribution in [0.2, 0.25) is 0 Å². The predicted molar refractivity (Wildman–Crippen MR) is 114 cm³/mol. The summed E-state index contributed by atoms with van der Waals surface area (Å²) in [5.41, 5.74) is 3.32. The molecule has 1 atom stereocenters. The first kappa shape index (κ1) is 20.8. The van der Waals surface area contributed by atoms with Crippen molar-refractivity contribution in [2.45, 2.75) is 46.4 Å². The normalized spacial score (nSPS) is 15.4. The SMILES string of the molecule is CCOc1cc(CNC(=NC)NCc2cc3c(cc2OCC)CC(C)O3)ccn1. The third-order valence-electron chi connectivity index (χ3n) is 4.60. The first-order valence-electron chi connectivity index (χ1n) is 10.1. The van der Waals surface area contributed by atoms with Crippen molar-refractivity contribution in [3.63, 3.8) is 0 Å². The van der Waals surface area contributed by atoms with Crippen molar-refractivity contribution >= 4 is 5.96 Å². The van der Waals surface area contributed by atoms with E-state index in [2.05, 4.69) is 39.7 Å². The molecule has 0 fully saturated rings. The van der Waals surface area contributed by atoms with Gasteiger partial charge in [0, 0.05) is 49.9 Å². The van der Waals surface area contributed by atoms with Gasteiger partial charge in [-0.3, -0.25) is 4.99 Å². The molecule has 0 radical (unpaired) electrons. The number of hydrogen-bond donors (Lipinski definition) is 2. The summed E-state index contributed by atoms with van der Waals surface area (Å²) in [5, 5.41) is 6.67. The van der Waals surface area contributed by atoms with E-state index in [1.807, 2.05) is 26.0 Å². The Morgan fingerprint density at radius 1 is 1.17 bits per heavy atom. The molecular formula is C22H30N4O3. The molecule has 7 nitrogen and oxygen atoms in total. The quantitative estimate of drug-likeness (QED) is 0.526. The zero-order valence-corrected chi connectivity index (χ0v) is 17.6. The molecule has 2 N–H and O–H groups in total. The summed E-state index contributed by atoms with van der Waals surface area (Å²) in [5.74, 6) is 3.17. The lowest BCUT2D eigenvalue weighted by molar-refractivity contribution is 0.254. The zero-order valence-electron chi connectivity index (χ0n) is 17.6. The van der Waals surface area contributed by atoms with Gasteiger partial charge in [0.25, 0.3) is 0 Å². The van der Waals surface area contributed by atoms with Crippen LogP contribution in [0.3, 0.4) is 0 Å². The predicted octanol–water partition coefficient (Wildman–Crippen LogP) is 3.07. The molecule has 0 saturated heterocycles. The molecule has 0 amide bonds. The number of aromatic nitrogens is 1. The molecule has 156 valence electrons. The summed E-state index contributed by atoms with van der Waals surface area (Å²) in [6.45, 7) is 8.44. The van der Waals surface area contributed by atoms with E-state index in [0.29, 0.717) is 38.1 Å². The monoisotopic (exact) mass is 398 g/mol. The summed E-state index contributed by atoms with van der Waals surface area (Å²) in [4.78, 5) is 8.50. The van der Waals surface area contributed by atoms with Crippen LogP contribution in [0.15, 0.2) is 35.5 Å². The molecule has 1 unspecified atom stereocenters. The van der Waals surface area contributed by atoms with Gasteiger partial charge in [-0.25, -0.2) is 4.98 Å². The maximum atomic E-state index is 5.90. The average Bonchev–Trinajstić information content (AvgIpc) is 3.07. The van der Waals surface area contributed by atoms with Gasteiger partial charge >= 0.3 is 0 Å². The summed E-state index contributed by atoms with van der Waals surface area (Å²) >= 11 is 0. The third kappa shape index (κ3) is 5.53. The summed E-state index contributed by atoms with van der Waals surface area (Å²) in [6, 6.07) is 8.05. The lowest BCUT2D eigenvalue weighted by Crippen LogP contribution is -2.36. The topological polar surface area (TPSA) is 77.0 Å². The Hall–Kier alpha value is -2.96. The number of guanidine groups is 1. The number of rotatable bonds is 8. The minimum absolute atomic E-state index is 0.207. The first-order valence-corrected chi connectivity index (χ1v) is 10.1. The lowest BCUT2D eigenvalue weighted by Gasteiger charge is -2.16. The van der Waals surface area contributed by atoms with Gasteiger partial charge < -0.3 is 24.8 Å². The van der Waals surface area contributed by atoms with E-state index in [-0.39, 0.29) is 6.10 Å². The van der Waals surface area contributed by atoms with Crippen molar-refractivity contribution in [2.24, 2.45) is 4.99 Å². The van der Waals surface area contributed by atoms with Crippen LogP contribution in [0.1, 0.15) is 37.5 Å². The largest absolute Gasteiger partial charge is 0.494 e. The Balaban J connectivity index is 1.62. The standard InChI is InChI=1S/C22H30N4O3/c1-5-27-19-11-17-9-15(3)29-20(17)12-18(19)14-26-22(23-4)25-13-16-7-8-24-21(10-16)28-6-2/h7-8,10-12,15H,5-6,9,13-14H2,1-4H3,(H2,23,25,26). The van der Waals surface area contributed by atoms with Crippen LogP contribution in [0, 0.1) is 0 Å². The molecule has 0 spiro atoms. The molecule has 2 aromatic rings. The Labute approximate surface area is 172 Å². The highest BCUT2D eigenvalue weighted by molar-refractivity contribution is 5.79. The smallest absolute Gasteiger partial charge is 0.213 e. The van der Waals surface area contributed by atoms with Crippen molar-refractivity contribution in [1.29, 1.82) is 0 Å². The molecule has 0 saturated carbocycles. The highest BCUT2D eigenvalue weighted by Gasteiger charge is 2.21. The van der Waals surface area contributed by atoms with E-state index in [4.69, 9.17) is 14.2 Å². The highest BCUT2D eigenvalue weighted by Crippen LogP contribution is 2.35. The Bertz CT molecular complexity index is 854. The number of nitrogens with one attached hydrogen (secondary N) is 2. The Morgan fingerprint density at radius 2 is 1.97 bits per heavy atom. The Kier molecular flexibility index (Phi) is 7.16. The van der Waals surface area contributed by atoms with E-state index in [0.717, 1.165) is 29.0 Å². The molecule has 0 aliphatic carbocycles. The summed E-state index contributed by atoms with van der Waals surface area (Å²) < 4.78 is 17.2. The van der Waals surface area contributed by atoms with Gasteiger partial charge in [0.15, 0.2) is 5.96 Å². The maximum absolute atomic E-state index is 5.90. The number of pyridine rings is 1. The average molecular weight is 399 g/mol. The minimum Gasteiger partial charge on any atom is -0.494 e. The van der Waals surface area contributed by atoms with E-state index in [1.165, 1.54) is 5.56 Å². The number of nitrogens with zero attached hydrogens (tertiary/aromatic N) is 2. The second kappa shape index (κ2) is 10.0. The van der Waals surface area contributed by atoms with Crippen LogP contribution < -0.4 is 24.8 Å². The summed E-state index contributed by atoms with van der Waals surface area (Å²) in [7, 11) is 1.75. The molecule has 1 aliphatic heterocycles. The Morgan fingerprint density at radius 3 is 2.72 bits per heavy atom. The van der Waals surface area contributed by atoms with Crippen molar-refractivity contribution < 1.29 is 14.2 Å². The molecule has 1 aromatic carbocycles. The van der Waals surface area contributed by atoms with Gasteiger partial charge in [0.2, 0.25) is 5.88 Å². The van der Waals surface area contributed by atoms with Crippen LogP contribution in [0.4, 0.5) is 0 Å². The number of benzene rings is 1. The van der Waals surface area contributed by atoms with Crippen molar-refractivity contribution in [2.75, 3.05) is 20.3 Å². The highest BCUT2D eigenvalue weighted by atomic mass is 16.5. The number of ether oxygens (including phenoxy) is 3. The molecule has 1 aromatic heterocycles. The van der Waals surface area contributed by atoms with E-state index >= 15 is 0 Å². The summed E-state index contributed by atoms with van der Waals surface area (Å²) in [6.07, 6.45) is 2.87. The maximum Gasteiger partial charge on any atom is 0.213 e.